The Morgan fingerprint density at radius 2 is 2.14 bits per heavy atom. The molecule has 0 radical (unpaired) electrons. The van der Waals surface area contributed by atoms with Gasteiger partial charge in [0.25, 0.3) is 5.91 Å². The molecule has 0 aromatic carbocycles. The van der Waals surface area contributed by atoms with Gasteiger partial charge in [-0.3, -0.25) is 9.36 Å². The molecule has 116 valence electrons. The van der Waals surface area contributed by atoms with E-state index in [1.165, 1.54) is 6.20 Å². The van der Waals surface area contributed by atoms with Crippen LogP contribution in [0.2, 0.25) is 0 Å². The number of carbonyl (C=O) groups is 1. The number of nitrogens with zero attached hydrogens (tertiary/aromatic N) is 5. The second kappa shape index (κ2) is 5.63. The lowest BCUT2D eigenvalue weighted by Gasteiger charge is -2.33. The van der Waals surface area contributed by atoms with Crippen molar-refractivity contribution in [3.8, 4) is 0 Å². The molecule has 2 aromatic heterocycles. The summed E-state index contributed by atoms with van der Waals surface area (Å²) in [6, 6.07) is 0.111. The van der Waals surface area contributed by atoms with Crippen LogP contribution in [0.3, 0.4) is 0 Å². The summed E-state index contributed by atoms with van der Waals surface area (Å²) in [6.07, 6.45) is 8.44. The summed E-state index contributed by atoms with van der Waals surface area (Å²) < 4.78 is 3.33. The Morgan fingerprint density at radius 3 is 2.73 bits per heavy atom. The minimum atomic E-state index is -0.591. The molecule has 8 heteroatoms. The number of carbonyl (C=O) groups excluding carboxylic acids is 1. The number of nitrogens with two attached hydrogens (primary N) is 1. The van der Waals surface area contributed by atoms with E-state index in [-0.39, 0.29) is 17.4 Å². The van der Waals surface area contributed by atoms with Crippen molar-refractivity contribution >= 4 is 11.7 Å². The Hall–Kier alpha value is -2.64. The van der Waals surface area contributed by atoms with Crippen molar-refractivity contribution in [2.24, 2.45) is 12.8 Å². The number of amides is 1. The number of aromatic nitrogens is 4. The van der Waals surface area contributed by atoms with Crippen LogP contribution in [0.5, 0.6) is 0 Å². The zero-order chi connectivity index (χ0) is 15.7. The second-order valence-corrected chi connectivity index (χ2v) is 5.47. The molecular formula is C14H18N6O2. The van der Waals surface area contributed by atoms with Crippen LogP contribution >= 0.6 is 0 Å². The molecule has 2 N–H and O–H groups in total. The highest BCUT2D eigenvalue weighted by molar-refractivity contribution is 5.90. The Morgan fingerprint density at radius 1 is 1.32 bits per heavy atom. The highest BCUT2D eigenvalue weighted by Gasteiger charge is 2.23. The summed E-state index contributed by atoms with van der Waals surface area (Å²) in [4.78, 5) is 33.4. The fourth-order valence-electron chi connectivity index (χ4n) is 2.76. The van der Waals surface area contributed by atoms with Crippen molar-refractivity contribution in [1.29, 1.82) is 0 Å². The molecule has 1 amide bonds. The van der Waals surface area contributed by atoms with Gasteiger partial charge in [-0.25, -0.2) is 14.8 Å². The van der Waals surface area contributed by atoms with Gasteiger partial charge in [0.1, 0.15) is 11.5 Å². The van der Waals surface area contributed by atoms with Gasteiger partial charge in [0.05, 0.1) is 18.4 Å². The fraction of sp³-hybridized carbons (Fsp3) is 0.429. The number of aryl methyl sites for hydroxylation is 1. The van der Waals surface area contributed by atoms with Gasteiger partial charge in [-0.05, 0) is 12.8 Å². The zero-order valence-electron chi connectivity index (χ0n) is 12.3. The summed E-state index contributed by atoms with van der Waals surface area (Å²) in [5.74, 6) is 0.102. The van der Waals surface area contributed by atoms with E-state index in [1.54, 1.807) is 28.6 Å². The molecule has 1 saturated heterocycles. The molecule has 1 aliphatic heterocycles. The highest BCUT2D eigenvalue weighted by atomic mass is 16.2. The molecule has 2 aromatic rings. The van der Waals surface area contributed by atoms with E-state index in [4.69, 9.17) is 5.73 Å². The molecule has 3 rings (SSSR count). The Bertz CT molecular complexity index is 733. The van der Waals surface area contributed by atoms with Gasteiger partial charge in [-0.1, -0.05) is 0 Å². The minimum Gasteiger partial charge on any atom is -0.364 e. The number of anilines is 1. The third-order valence-corrected chi connectivity index (χ3v) is 3.98. The van der Waals surface area contributed by atoms with Crippen LogP contribution in [0, 0.1) is 0 Å². The molecule has 1 atom stereocenters. The van der Waals surface area contributed by atoms with E-state index < -0.39 is 5.91 Å². The van der Waals surface area contributed by atoms with Crippen molar-refractivity contribution in [2.45, 2.75) is 18.9 Å². The average molecular weight is 302 g/mol. The third kappa shape index (κ3) is 2.59. The highest BCUT2D eigenvalue weighted by Crippen LogP contribution is 2.23. The molecule has 8 nitrogen and oxygen atoms in total. The molecule has 1 fully saturated rings. The van der Waals surface area contributed by atoms with Crippen molar-refractivity contribution in [3.63, 3.8) is 0 Å². The largest absolute Gasteiger partial charge is 0.364 e. The summed E-state index contributed by atoms with van der Waals surface area (Å²) >= 11 is 0. The molecule has 0 saturated carbocycles. The maximum Gasteiger partial charge on any atom is 0.328 e. The first-order valence-corrected chi connectivity index (χ1v) is 7.16. The van der Waals surface area contributed by atoms with Gasteiger partial charge in [0.15, 0.2) is 0 Å². The molecule has 22 heavy (non-hydrogen) atoms. The summed E-state index contributed by atoms with van der Waals surface area (Å²) in [5.41, 5.74) is 5.30. The van der Waals surface area contributed by atoms with Crippen LogP contribution in [-0.4, -0.2) is 38.1 Å². The van der Waals surface area contributed by atoms with E-state index in [2.05, 4.69) is 14.9 Å². The zero-order valence-corrected chi connectivity index (χ0v) is 12.3. The number of hydrogen-bond acceptors (Lipinski definition) is 5. The van der Waals surface area contributed by atoms with E-state index in [0.717, 1.165) is 19.4 Å². The van der Waals surface area contributed by atoms with Crippen LogP contribution in [0.15, 0.2) is 29.6 Å². The van der Waals surface area contributed by atoms with Crippen LogP contribution < -0.4 is 16.3 Å². The van der Waals surface area contributed by atoms with Crippen molar-refractivity contribution in [2.75, 3.05) is 18.0 Å². The minimum absolute atomic E-state index is 0.0120. The van der Waals surface area contributed by atoms with Gasteiger partial charge < -0.3 is 15.2 Å². The van der Waals surface area contributed by atoms with Gasteiger partial charge in [0, 0.05) is 32.5 Å². The van der Waals surface area contributed by atoms with E-state index >= 15 is 0 Å². The predicted molar refractivity (Wildman–Crippen MR) is 80.7 cm³/mol. The molecule has 0 bridgehead atoms. The molecule has 0 unspecified atom stereocenters. The quantitative estimate of drug-likeness (QED) is 0.854. The Kier molecular flexibility index (Phi) is 3.66. The van der Waals surface area contributed by atoms with Gasteiger partial charge >= 0.3 is 5.69 Å². The SMILES string of the molecule is Cn1ccn([C@@H]2CCCN(c3cnc(C(N)=O)cn3)C2)c1=O. The summed E-state index contributed by atoms with van der Waals surface area (Å²) in [6.45, 7) is 1.54. The summed E-state index contributed by atoms with van der Waals surface area (Å²) in [5, 5.41) is 0. The number of primary amides is 1. The van der Waals surface area contributed by atoms with Gasteiger partial charge in [0.2, 0.25) is 0 Å². The Balaban J connectivity index is 1.79. The van der Waals surface area contributed by atoms with E-state index in [9.17, 15) is 9.59 Å². The van der Waals surface area contributed by atoms with Crippen LogP contribution in [0.4, 0.5) is 5.82 Å². The standard InChI is InChI=1S/C14H18N6O2/c1-18-5-6-20(14(18)22)10-3-2-4-19(9-10)12-8-16-11(7-17-12)13(15)21/h5-8,10H,2-4,9H2,1H3,(H2,15,21)/t10-/m1/s1. The molecule has 0 spiro atoms. The number of piperidine rings is 1. The molecule has 3 heterocycles. The third-order valence-electron chi connectivity index (χ3n) is 3.98. The number of rotatable bonds is 3. The fourth-order valence-corrected chi connectivity index (χ4v) is 2.76. The lowest BCUT2D eigenvalue weighted by Crippen LogP contribution is -2.40. The molecule has 1 aliphatic rings. The molecular weight excluding hydrogens is 284 g/mol. The van der Waals surface area contributed by atoms with Gasteiger partial charge in [-0.15, -0.1) is 0 Å². The monoisotopic (exact) mass is 302 g/mol. The predicted octanol–water partition coefficient (Wildman–Crippen LogP) is -0.0828. The van der Waals surface area contributed by atoms with Crippen LogP contribution in [-0.2, 0) is 7.05 Å². The second-order valence-electron chi connectivity index (χ2n) is 5.47. The lowest BCUT2D eigenvalue weighted by atomic mass is 10.1. The topological polar surface area (TPSA) is 99.0 Å². The van der Waals surface area contributed by atoms with E-state index in [1.807, 2.05) is 6.20 Å². The Labute approximate surface area is 127 Å². The maximum absolute atomic E-state index is 12.1. The lowest BCUT2D eigenvalue weighted by molar-refractivity contribution is 0.0995. The normalized spacial score (nSPS) is 18.4. The molecule has 0 aliphatic carbocycles. The number of hydrogen-bond donors (Lipinski definition) is 1. The van der Waals surface area contributed by atoms with Crippen LogP contribution in [0.25, 0.3) is 0 Å². The first kappa shape index (κ1) is 14.3. The smallest absolute Gasteiger partial charge is 0.328 e. The van der Waals surface area contributed by atoms with Crippen molar-refractivity contribution < 1.29 is 4.79 Å². The van der Waals surface area contributed by atoms with Crippen molar-refractivity contribution in [3.05, 3.63) is 41.0 Å². The van der Waals surface area contributed by atoms with Crippen molar-refractivity contribution in [1.82, 2.24) is 19.1 Å². The average Bonchev–Trinajstić information content (AvgIpc) is 2.87. The first-order valence-electron chi connectivity index (χ1n) is 7.16. The first-order chi connectivity index (χ1) is 10.6. The van der Waals surface area contributed by atoms with Crippen LogP contribution in [0.1, 0.15) is 29.4 Å². The summed E-state index contributed by atoms with van der Waals surface area (Å²) in [7, 11) is 1.74. The maximum atomic E-state index is 12.1. The van der Waals surface area contributed by atoms with E-state index in [0.29, 0.717) is 12.4 Å². The van der Waals surface area contributed by atoms with Gasteiger partial charge in [-0.2, -0.15) is 0 Å². The number of imidazole rings is 1.